The van der Waals surface area contributed by atoms with E-state index in [4.69, 9.17) is 6.42 Å². The van der Waals surface area contributed by atoms with Crippen LogP contribution in [-0.2, 0) is 0 Å². The molecule has 0 aromatic heterocycles. The van der Waals surface area contributed by atoms with Gasteiger partial charge < -0.3 is 5.32 Å². The van der Waals surface area contributed by atoms with E-state index in [1.165, 1.54) is 12.1 Å². The summed E-state index contributed by atoms with van der Waals surface area (Å²) < 4.78 is 13.6. The maximum absolute atomic E-state index is 13.1. The predicted molar refractivity (Wildman–Crippen MR) is 69.1 cm³/mol. The number of rotatable bonds is 4. The minimum atomic E-state index is -0.450. The SMILES string of the molecule is C#CCC(CC)NC(=O)c1cc(F)cc(Br)c1. The van der Waals surface area contributed by atoms with Crippen molar-refractivity contribution in [2.24, 2.45) is 0 Å². The van der Waals surface area contributed by atoms with Gasteiger partial charge in [-0.1, -0.05) is 22.9 Å². The van der Waals surface area contributed by atoms with Crippen LogP contribution in [0, 0.1) is 18.2 Å². The maximum atomic E-state index is 13.1. The summed E-state index contributed by atoms with van der Waals surface area (Å²) in [6.45, 7) is 1.93. The number of carbonyl (C=O) groups excluding carboxylic acids is 1. The Morgan fingerprint density at radius 3 is 2.82 bits per heavy atom. The van der Waals surface area contributed by atoms with Crippen LogP contribution in [0.15, 0.2) is 22.7 Å². The van der Waals surface area contributed by atoms with E-state index in [0.717, 1.165) is 6.42 Å². The highest BCUT2D eigenvalue weighted by Gasteiger charge is 2.12. The molecule has 0 heterocycles. The molecule has 1 aromatic carbocycles. The molecule has 1 atom stereocenters. The molecule has 90 valence electrons. The average molecular weight is 298 g/mol. The first-order valence-corrected chi connectivity index (χ1v) is 6.06. The maximum Gasteiger partial charge on any atom is 0.251 e. The molecule has 1 amide bonds. The fourth-order valence-electron chi connectivity index (χ4n) is 1.39. The largest absolute Gasteiger partial charge is 0.348 e. The lowest BCUT2D eigenvalue weighted by molar-refractivity contribution is 0.0936. The first-order chi connectivity index (χ1) is 8.06. The van der Waals surface area contributed by atoms with Crippen LogP contribution in [-0.4, -0.2) is 11.9 Å². The van der Waals surface area contributed by atoms with Crippen molar-refractivity contribution >= 4 is 21.8 Å². The summed E-state index contributed by atoms with van der Waals surface area (Å²) in [6, 6.07) is 3.99. The Morgan fingerprint density at radius 2 is 2.29 bits per heavy atom. The van der Waals surface area contributed by atoms with E-state index in [-0.39, 0.29) is 17.5 Å². The Bertz CT molecular complexity index is 433. The molecule has 1 unspecified atom stereocenters. The fourth-order valence-corrected chi connectivity index (χ4v) is 1.86. The van der Waals surface area contributed by atoms with Crippen molar-refractivity contribution in [2.45, 2.75) is 25.8 Å². The highest BCUT2D eigenvalue weighted by atomic mass is 79.9. The van der Waals surface area contributed by atoms with E-state index >= 15 is 0 Å². The van der Waals surface area contributed by atoms with Crippen molar-refractivity contribution in [1.29, 1.82) is 0 Å². The number of amides is 1. The summed E-state index contributed by atoms with van der Waals surface area (Å²) >= 11 is 3.14. The molecule has 0 bridgehead atoms. The van der Waals surface area contributed by atoms with E-state index < -0.39 is 5.82 Å². The van der Waals surface area contributed by atoms with Crippen molar-refractivity contribution < 1.29 is 9.18 Å². The summed E-state index contributed by atoms with van der Waals surface area (Å²) in [4.78, 5) is 11.8. The quantitative estimate of drug-likeness (QED) is 0.850. The van der Waals surface area contributed by atoms with Crippen molar-refractivity contribution in [3.05, 3.63) is 34.1 Å². The summed E-state index contributed by atoms with van der Waals surface area (Å²) in [5.74, 6) is 1.74. The molecule has 0 radical (unpaired) electrons. The average Bonchev–Trinajstić information content (AvgIpc) is 2.27. The number of hydrogen-bond acceptors (Lipinski definition) is 1. The van der Waals surface area contributed by atoms with Gasteiger partial charge in [-0.2, -0.15) is 0 Å². The summed E-state index contributed by atoms with van der Waals surface area (Å²) in [5, 5.41) is 2.77. The molecular weight excluding hydrogens is 285 g/mol. The van der Waals surface area contributed by atoms with Crippen LogP contribution in [0.5, 0.6) is 0 Å². The molecule has 0 aliphatic heterocycles. The third-order valence-electron chi connectivity index (χ3n) is 2.32. The second-order valence-electron chi connectivity index (χ2n) is 3.65. The Kier molecular flexibility index (Phi) is 5.17. The zero-order valence-electron chi connectivity index (χ0n) is 9.47. The van der Waals surface area contributed by atoms with Crippen LogP contribution in [0.25, 0.3) is 0 Å². The summed E-state index contributed by atoms with van der Waals surface area (Å²) in [6.07, 6.45) is 6.41. The van der Waals surface area contributed by atoms with Crippen LogP contribution in [0.4, 0.5) is 4.39 Å². The zero-order valence-corrected chi connectivity index (χ0v) is 11.1. The lowest BCUT2D eigenvalue weighted by Gasteiger charge is -2.14. The van der Waals surface area contributed by atoms with Gasteiger partial charge in [-0.05, 0) is 24.6 Å². The highest BCUT2D eigenvalue weighted by molar-refractivity contribution is 9.10. The molecular formula is C13H13BrFNO. The van der Waals surface area contributed by atoms with Gasteiger partial charge in [-0.3, -0.25) is 4.79 Å². The van der Waals surface area contributed by atoms with Crippen molar-refractivity contribution in [2.75, 3.05) is 0 Å². The fraction of sp³-hybridized carbons (Fsp3) is 0.308. The number of nitrogens with one attached hydrogen (secondary N) is 1. The molecule has 0 saturated carbocycles. The van der Waals surface area contributed by atoms with Crippen molar-refractivity contribution in [3.63, 3.8) is 0 Å². The standard InChI is InChI=1S/C13H13BrFNO/c1-3-5-12(4-2)16-13(17)9-6-10(14)8-11(15)7-9/h1,6-8,12H,4-5H2,2H3,(H,16,17). The Labute approximate surface area is 109 Å². The van der Waals surface area contributed by atoms with Gasteiger partial charge in [-0.25, -0.2) is 4.39 Å². The third-order valence-corrected chi connectivity index (χ3v) is 2.77. The second kappa shape index (κ2) is 6.41. The van der Waals surface area contributed by atoms with Crippen LogP contribution < -0.4 is 5.32 Å². The molecule has 1 N–H and O–H groups in total. The molecule has 1 rings (SSSR count). The minimum Gasteiger partial charge on any atom is -0.348 e. The van der Waals surface area contributed by atoms with E-state index in [1.54, 1.807) is 6.07 Å². The molecule has 0 spiro atoms. The number of halogens is 2. The first-order valence-electron chi connectivity index (χ1n) is 5.27. The third kappa shape index (κ3) is 4.20. The lowest BCUT2D eigenvalue weighted by atomic mass is 10.1. The molecule has 2 nitrogen and oxygen atoms in total. The first kappa shape index (κ1) is 13.7. The van der Waals surface area contributed by atoms with Crippen LogP contribution in [0.1, 0.15) is 30.1 Å². The molecule has 0 saturated heterocycles. The van der Waals surface area contributed by atoms with Gasteiger partial charge >= 0.3 is 0 Å². The molecule has 0 fully saturated rings. The Balaban J connectivity index is 2.79. The predicted octanol–water partition coefficient (Wildman–Crippen LogP) is 3.12. The Morgan fingerprint density at radius 1 is 1.59 bits per heavy atom. The van der Waals surface area contributed by atoms with Crippen molar-refractivity contribution in [1.82, 2.24) is 5.32 Å². The molecule has 0 aliphatic rings. The smallest absolute Gasteiger partial charge is 0.251 e. The van der Waals surface area contributed by atoms with Gasteiger partial charge in [0.15, 0.2) is 0 Å². The number of terminal acetylenes is 1. The molecule has 1 aromatic rings. The van der Waals surface area contributed by atoms with Gasteiger partial charge in [0.2, 0.25) is 0 Å². The number of carbonyl (C=O) groups is 1. The molecule has 0 aliphatic carbocycles. The van der Waals surface area contributed by atoms with Crippen LogP contribution in [0.3, 0.4) is 0 Å². The molecule has 17 heavy (non-hydrogen) atoms. The van der Waals surface area contributed by atoms with Gasteiger partial charge in [-0.15, -0.1) is 12.3 Å². The van der Waals surface area contributed by atoms with Crippen LogP contribution in [0.2, 0.25) is 0 Å². The second-order valence-corrected chi connectivity index (χ2v) is 4.56. The van der Waals surface area contributed by atoms with E-state index in [9.17, 15) is 9.18 Å². The van der Waals surface area contributed by atoms with Crippen molar-refractivity contribution in [3.8, 4) is 12.3 Å². The van der Waals surface area contributed by atoms with E-state index in [2.05, 4.69) is 27.2 Å². The van der Waals surface area contributed by atoms with Gasteiger partial charge in [0.25, 0.3) is 5.91 Å². The number of benzene rings is 1. The van der Waals surface area contributed by atoms with Crippen LogP contribution >= 0.6 is 15.9 Å². The van der Waals surface area contributed by atoms with E-state index in [0.29, 0.717) is 10.9 Å². The van der Waals surface area contributed by atoms with E-state index in [1.807, 2.05) is 6.92 Å². The van der Waals surface area contributed by atoms with Gasteiger partial charge in [0.1, 0.15) is 5.82 Å². The normalized spacial score (nSPS) is 11.6. The highest BCUT2D eigenvalue weighted by Crippen LogP contribution is 2.15. The topological polar surface area (TPSA) is 29.1 Å². The Hall–Kier alpha value is -1.34. The lowest BCUT2D eigenvalue weighted by Crippen LogP contribution is -2.34. The minimum absolute atomic E-state index is 0.0745. The zero-order chi connectivity index (χ0) is 12.8. The summed E-state index contributed by atoms with van der Waals surface area (Å²) in [5.41, 5.74) is 0.285. The number of hydrogen-bond donors (Lipinski definition) is 1. The summed E-state index contributed by atoms with van der Waals surface area (Å²) in [7, 11) is 0. The monoisotopic (exact) mass is 297 g/mol. The van der Waals surface area contributed by atoms with Gasteiger partial charge in [0.05, 0.1) is 0 Å². The van der Waals surface area contributed by atoms with Gasteiger partial charge in [0, 0.05) is 22.5 Å². The molecule has 4 heteroatoms.